The Hall–Kier alpha value is -0.800. The van der Waals surface area contributed by atoms with Crippen LogP contribution < -0.4 is 0 Å². The van der Waals surface area contributed by atoms with Gasteiger partial charge in [-0.15, -0.1) is 11.3 Å². The van der Waals surface area contributed by atoms with Crippen molar-refractivity contribution in [3.63, 3.8) is 0 Å². The fourth-order valence-electron chi connectivity index (χ4n) is 1.42. The van der Waals surface area contributed by atoms with Gasteiger partial charge in [-0.1, -0.05) is 12.1 Å². The van der Waals surface area contributed by atoms with Crippen LogP contribution in [0.25, 0.3) is 10.1 Å². The van der Waals surface area contributed by atoms with Gasteiger partial charge in [0.05, 0.1) is 5.75 Å². The summed E-state index contributed by atoms with van der Waals surface area (Å²) in [7, 11) is 0. The van der Waals surface area contributed by atoms with Gasteiger partial charge in [-0.25, -0.2) is 0 Å². The van der Waals surface area contributed by atoms with Crippen LogP contribution >= 0.6 is 23.1 Å². The lowest BCUT2D eigenvalue weighted by molar-refractivity contribution is 0.102. The second kappa shape index (κ2) is 4.15. The summed E-state index contributed by atoms with van der Waals surface area (Å²) in [5.41, 5.74) is 0.867. The number of fused-ring (bicyclic) bond motifs is 1. The van der Waals surface area contributed by atoms with E-state index in [2.05, 4.69) is 6.07 Å². The van der Waals surface area contributed by atoms with Gasteiger partial charge in [0.2, 0.25) is 0 Å². The molecular weight excluding hydrogens is 212 g/mol. The molecule has 2 aromatic rings. The van der Waals surface area contributed by atoms with E-state index < -0.39 is 0 Å². The number of Topliss-reactive ketones (excluding diaryl/α,β-unsaturated/α-hetero) is 1. The van der Waals surface area contributed by atoms with Crippen LogP contribution in [0.2, 0.25) is 0 Å². The van der Waals surface area contributed by atoms with Gasteiger partial charge >= 0.3 is 0 Å². The molecule has 0 atom stereocenters. The van der Waals surface area contributed by atoms with Crippen molar-refractivity contribution in [1.29, 1.82) is 0 Å². The lowest BCUT2D eigenvalue weighted by Gasteiger charge is -2.00. The van der Waals surface area contributed by atoms with Crippen LogP contribution in [0, 0.1) is 0 Å². The molecule has 72 valence electrons. The van der Waals surface area contributed by atoms with Crippen molar-refractivity contribution < 1.29 is 4.79 Å². The molecule has 2 rings (SSSR count). The average Bonchev–Trinajstić information content (AvgIpc) is 2.65. The molecule has 0 bridgehead atoms. The lowest BCUT2D eigenvalue weighted by atomic mass is 10.1. The first-order valence-corrected chi connectivity index (χ1v) is 6.58. The van der Waals surface area contributed by atoms with Gasteiger partial charge in [-0.2, -0.15) is 11.8 Å². The van der Waals surface area contributed by atoms with E-state index >= 15 is 0 Å². The molecule has 0 aliphatic heterocycles. The number of ketones is 1. The molecule has 0 aliphatic rings. The van der Waals surface area contributed by atoms with Crippen LogP contribution in [0.4, 0.5) is 0 Å². The maximum atomic E-state index is 11.7. The fraction of sp³-hybridized carbons (Fsp3) is 0.182. The van der Waals surface area contributed by atoms with E-state index in [-0.39, 0.29) is 5.78 Å². The van der Waals surface area contributed by atoms with Gasteiger partial charge in [-0.3, -0.25) is 4.79 Å². The summed E-state index contributed by atoms with van der Waals surface area (Å²) in [5.74, 6) is 0.794. The Balaban J connectivity index is 2.50. The lowest BCUT2D eigenvalue weighted by Crippen LogP contribution is -2.01. The maximum Gasteiger partial charge on any atom is 0.174 e. The highest BCUT2D eigenvalue weighted by atomic mass is 32.2. The van der Waals surface area contributed by atoms with Gasteiger partial charge in [0.15, 0.2) is 5.78 Å². The normalized spacial score (nSPS) is 10.6. The van der Waals surface area contributed by atoms with E-state index in [0.717, 1.165) is 10.3 Å². The molecule has 1 nitrogen and oxygen atoms in total. The van der Waals surface area contributed by atoms with Gasteiger partial charge in [0.1, 0.15) is 0 Å². The smallest absolute Gasteiger partial charge is 0.174 e. The van der Waals surface area contributed by atoms with Crippen LogP contribution in [0.5, 0.6) is 0 Å². The first-order valence-electron chi connectivity index (χ1n) is 4.31. The summed E-state index contributed by atoms with van der Waals surface area (Å²) in [6, 6.07) is 7.96. The summed E-state index contributed by atoms with van der Waals surface area (Å²) >= 11 is 3.21. The highest BCUT2D eigenvalue weighted by Gasteiger charge is 2.09. The number of benzene rings is 1. The maximum absolute atomic E-state index is 11.7. The SMILES string of the molecule is CSCC(=O)c1cccc2ccsc12. The Morgan fingerprint density at radius 1 is 1.43 bits per heavy atom. The molecule has 0 saturated heterocycles. The fourth-order valence-corrected chi connectivity index (χ4v) is 2.77. The minimum atomic E-state index is 0.227. The zero-order chi connectivity index (χ0) is 9.97. The Labute approximate surface area is 91.1 Å². The molecule has 0 amide bonds. The summed E-state index contributed by atoms with van der Waals surface area (Å²) in [6.07, 6.45) is 1.95. The molecule has 0 N–H and O–H groups in total. The van der Waals surface area contributed by atoms with Crippen molar-refractivity contribution in [2.75, 3.05) is 12.0 Å². The zero-order valence-corrected chi connectivity index (χ0v) is 9.45. The summed E-state index contributed by atoms with van der Waals surface area (Å²) in [6.45, 7) is 0. The van der Waals surface area contributed by atoms with E-state index in [4.69, 9.17) is 0 Å². The number of hydrogen-bond donors (Lipinski definition) is 0. The van der Waals surface area contributed by atoms with Crippen LogP contribution in [0.15, 0.2) is 29.6 Å². The topological polar surface area (TPSA) is 17.1 Å². The third-order valence-electron chi connectivity index (χ3n) is 2.05. The van der Waals surface area contributed by atoms with Crippen molar-refractivity contribution in [3.8, 4) is 0 Å². The molecule has 0 unspecified atom stereocenters. The number of hydrogen-bond acceptors (Lipinski definition) is 3. The Kier molecular flexibility index (Phi) is 2.89. The highest BCUT2D eigenvalue weighted by molar-refractivity contribution is 7.99. The number of thiophene rings is 1. The largest absolute Gasteiger partial charge is 0.293 e. The molecule has 1 heterocycles. The van der Waals surface area contributed by atoms with Gasteiger partial charge in [0.25, 0.3) is 0 Å². The molecule has 1 aromatic carbocycles. The van der Waals surface area contributed by atoms with Crippen molar-refractivity contribution in [1.82, 2.24) is 0 Å². The first-order chi connectivity index (χ1) is 6.83. The molecule has 0 saturated carbocycles. The van der Waals surface area contributed by atoms with E-state index in [1.165, 1.54) is 5.39 Å². The number of carbonyl (C=O) groups excluding carboxylic acids is 1. The Bertz CT molecular complexity index is 459. The van der Waals surface area contributed by atoms with Crippen LogP contribution in [-0.4, -0.2) is 17.8 Å². The number of carbonyl (C=O) groups is 1. The van der Waals surface area contributed by atoms with E-state index in [0.29, 0.717) is 5.75 Å². The Morgan fingerprint density at radius 2 is 2.29 bits per heavy atom. The van der Waals surface area contributed by atoms with Crippen molar-refractivity contribution in [2.45, 2.75) is 0 Å². The summed E-state index contributed by atoms with van der Waals surface area (Å²) < 4.78 is 1.12. The average molecular weight is 222 g/mol. The van der Waals surface area contributed by atoms with Gasteiger partial charge < -0.3 is 0 Å². The molecular formula is C11H10OS2. The molecule has 14 heavy (non-hydrogen) atoms. The van der Waals surface area contributed by atoms with E-state index in [9.17, 15) is 4.79 Å². The molecule has 1 aromatic heterocycles. The minimum absolute atomic E-state index is 0.227. The molecule has 0 aliphatic carbocycles. The van der Waals surface area contributed by atoms with Crippen molar-refractivity contribution >= 4 is 39.0 Å². The highest BCUT2D eigenvalue weighted by Crippen LogP contribution is 2.25. The standard InChI is InChI=1S/C11H10OS2/c1-13-7-10(12)9-4-2-3-8-5-6-14-11(8)9/h2-6H,7H2,1H3. The van der Waals surface area contributed by atoms with Gasteiger partial charge in [0, 0.05) is 10.3 Å². The van der Waals surface area contributed by atoms with Crippen LogP contribution in [0.1, 0.15) is 10.4 Å². The monoisotopic (exact) mass is 222 g/mol. The third-order valence-corrected chi connectivity index (χ3v) is 3.57. The van der Waals surface area contributed by atoms with Crippen LogP contribution in [0.3, 0.4) is 0 Å². The third kappa shape index (κ3) is 1.70. The predicted octanol–water partition coefficient (Wildman–Crippen LogP) is 3.45. The van der Waals surface area contributed by atoms with Crippen LogP contribution in [-0.2, 0) is 0 Å². The van der Waals surface area contributed by atoms with Gasteiger partial charge in [-0.05, 0) is 29.2 Å². The number of rotatable bonds is 3. The van der Waals surface area contributed by atoms with E-state index in [1.807, 2.05) is 29.8 Å². The second-order valence-electron chi connectivity index (χ2n) is 3.00. The Morgan fingerprint density at radius 3 is 3.07 bits per heavy atom. The van der Waals surface area contributed by atoms with Crippen molar-refractivity contribution in [3.05, 3.63) is 35.2 Å². The first kappa shape index (κ1) is 9.74. The second-order valence-corrected chi connectivity index (χ2v) is 4.78. The summed E-state index contributed by atoms with van der Waals surface area (Å²) in [5, 5.41) is 3.20. The summed E-state index contributed by atoms with van der Waals surface area (Å²) in [4.78, 5) is 11.7. The van der Waals surface area contributed by atoms with Crippen molar-refractivity contribution in [2.24, 2.45) is 0 Å². The minimum Gasteiger partial charge on any atom is -0.293 e. The molecule has 0 radical (unpaired) electrons. The molecule has 3 heteroatoms. The number of thioether (sulfide) groups is 1. The molecule has 0 spiro atoms. The molecule has 0 fully saturated rings. The zero-order valence-electron chi connectivity index (χ0n) is 7.82. The van der Waals surface area contributed by atoms with E-state index in [1.54, 1.807) is 23.1 Å². The quantitative estimate of drug-likeness (QED) is 0.740. The predicted molar refractivity (Wildman–Crippen MR) is 64.5 cm³/mol.